The highest BCUT2D eigenvalue weighted by Crippen LogP contribution is 2.17. The van der Waals surface area contributed by atoms with Crippen molar-refractivity contribution >= 4 is 17.7 Å². The maximum atomic E-state index is 11.9. The minimum Gasteiger partial charge on any atom is -0.355 e. The van der Waals surface area contributed by atoms with Gasteiger partial charge in [0.25, 0.3) is 0 Å². The first-order valence-corrected chi connectivity index (χ1v) is 9.38. The van der Waals surface area contributed by atoms with Crippen molar-refractivity contribution < 1.29 is 9.32 Å². The standard InChI is InChI=1S/C19H20N4O2S/c1-14-4-6-16(7-5-14)26-12-11-21-17(24)8-9-18-22-19(23-25-18)15-3-2-10-20-13-15/h2-7,10,13H,8-9,11-12H2,1H3,(H,21,24). The molecule has 6 nitrogen and oxygen atoms in total. The van der Waals surface area contributed by atoms with Gasteiger partial charge in [-0.1, -0.05) is 22.9 Å². The van der Waals surface area contributed by atoms with Gasteiger partial charge in [0.2, 0.25) is 17.6 Å². The molecule has 3 rings (SSSR count). The van der Waals surface area contributed by atoms with Crippen molar-refractivity contribution in [1.82, 2.24) is 20.4 Å². The lowest BCUT2D eigenvalue weighted by Gasteiger charge is -2.04. The molecule has 0 spiro atoms. The highest BCUT2D eigenvalue weighted by Gasteiger charge is 2.10. The molecule has 2 aromatic heterocycles. The largest absolute Gasteiger partial charge is 0.355 e. The van der Waals surface area contributed by atoms with Gasteiger partial charge in [0.1, 0.15) is 0 Å². The van der Waals surface area contributed by atoms with Gasteiger partial charge >= 0.3 is 0 Å². The zero-order valence-electron chi connectivity index (χ0n) is 14.5. The van der Waals surface area contributed by atoms with E-state index in [1.165, 1.54) is 10.5 Å². The number of aromatic nitrogens is 3. The minimum absolute atomic E-state index is 0.0179. The fourth-order valence-corrected chi connectivity index (χ4v) is 3.04. The van der Waals surface area contributed by atoms with E-state index >= 15 is 0 Å². The summed E-state index contributed by atoms with van der Waals surface area (Å²) in [6.45, 7) is 2.69. The summed E-state index contributed by atoms with van der Waals surface area (Å²) in [7, 11) is 0. The van der Waals surface area contributed by atoms with Crippen LogP contribution < -0.4 is 5.32 Å². The molecule has 0 atom stereocenters. The van der Waals surface area contributed by atoms with Crippen molar-refractivity contribution in [2.45, 2.75) is 24.7 Å². The van der Waals surface area contributed by atoms with Gasteiger partial charge in [-0.05, 0) is 31.2 Å². The Hall–Kier alpha value is -2.67. The minimum atomic E-state index is -0.0179. The van der Waals surface area contributed by atoms with Crippen LogP contribution in [0, 0.1) is 6.92 Å². The molecule has 2 heterocycles. The molecule has 26 heavy (non-hydrogen) atoms. The average molecular weight is 368 g/mol. The van der Waals surface area contributed by atoms with Crippen LogP contribution in [0.4, 0.5) is 0 Å². The van der Waals surface area contributed by atoms with Crippen LogP contribution in [0.25, 0.3) is 11.4 Å². The van der Waals surface area contributed by atoms with E-state index in [0.717, 1.165) is 11.3 Å². The first-order valence-electron chi connectivity index (χ1n) is 8.40. The van der Waals surface area contributed by atoms with Gasteiger partial charge in [0.05, 0.1) is 0 Å². The lowest BCUT2D eigenvalue weighted by molar-refractivity contribution is -0.121. The second-order valence-electron chi connectivity index (χ2n) is 5.76. The number of thioether (sulfide) groups is 1. The number of aryl methyl sites for hydroxylation is 2. The Bertz CT molecular complexity index is 834. The van der Waals surface area contributed by atoms with Crippen molar-refractivity contribution in [3.63, 3.8) is 0 Å². The summed E-state index contributed by atoms with van der Waals surface area (Å²) < 4.78 is 5.19. The number of hydrogen-bond donors (Lipinski definition) is 1. The Morgan fingerprint density at radius 3 is 2.85 bits per heavy atom. The first-order chi connectivity index (χ1) is 12.7. The Labute approximate surface area is 156 Å². The summed E-state index contributed by atoms with van der Waals surface area (Å²) in [6, 6.07) is 12.0. The van der Waals surface area contributed by atoms with E-state index < -0.39 is 0 Å². The number of carbonyl (C=O) groups is 1. The summed E-state index contributed by atoms with van der Waals surface area (Å²) in [5, 5.41) is 6.83. The second-order valence-corrected chi connectivity index (χ2v) is 6.93. The lowest BCUT2D eigenvalue weighted by atomic mass is 10.2. The average Bonchev–Trinajstić information content (AvgIpc) is 3.15. The van der Waals surface area contributed by atoms with Gasteiger partial charge < -0.3 is 9.84 Å². The molecular weight excluding hydrogens is 348 g/mol. The van der Waals surface area contributed by atoms with Crippen molar-refractivity contribution in [3.8, 4) is 11.4 Å². The van der Waals surface area contributed by atoms with Crippen molar-refractivity contribution in [2.24, 2.45) is 0 Å². The molecule has 1 aromatic carbocycles. The fraction of sp³-hybridized carbons (Fsp3) is 0.263. The van der Waals surface area contributed by atoms with Crippen LogP contribution in [0.1, 0.15) is 17.9 Å². The number of nitrogens with one attached hydrogen (secondary N) is 1. The third-order valence-electron chi connectivity index (χ3n) is 3.67. The third kappa shape index (κ3) is 5.42. The summed E-state index contributed by atoms with van der Waals surface area (Å²) in [6.07, 6.45) is 4.10. The van der Waals surface area contributed by atoms with Gasteiger partial charge in [-0.3, -0.25) is 9.78 Å². The van der Waals surface area contributed by atoms with Crippen LogP contribution in [-0.2, 0) is 11.2 Å². The molecular formula is C19H20N4O2S. The molecule has 1 amide bonds. The molecule has 3 aromatic rings. The number of benzene rings is 1. The van der Waals surface area contributed by atoms with Crippen LogP contribution in [0.2, 0.25) is 0 Å². The quantitative estimate of drug-likeness (QED) is 0.485. The molecule has 0 saturated carbocycles. The predicted octanol–water partition coefficient (Wildman–Crippen LogP) is 3.28. The SMILES string of the molecule is Cc1ccc(SCCNC(=O)CCc2nc(-c3cccnc3)no2)cc1. The van der Waals surface area contributed by atoms with Crippen LogP contribution in [0.3, 0.4) is 0 Å². The maximum Gasteiger partial charge on any atom is 0.227 e. The number of rotatable bonds is 8. The van der Waals surface area contributed by atoms with Gasteiger partial charge in [-0.15, -0.1) is 11.8 Å². The molecule has 134 valence electrons. The van der Waals surface area contributed by atoms with E-state index in [1.807, 2.05) is 12.1 Å². The number of pyridine rings is 1. The van der Waals surface area contributed by atoms with Gasteiger partial charge in [0.15, 0.2) is 0 Å². The van der Waals surface area contributed by atoms with Crippen LogP contribution in [0.5, 0.6) is 0 Å². The molecule has 0 aliphatic carbocycles. The van der Waals surface area contributed by atoms with Crippen molar-refractivity contribution in [1.29, 1.82) is 0 Å². The first kappa shape index (κ1) is 18.1. The zero-order valence-corrected chi connectivity index (χ0v) is 15.3. The predicted molar refractivity (Wildman–Crippen MR) is 101 cm³/mol. The molecule has 7 heteroatoms. The van der Waals surface area contributed by atoms with Gasteiger partial charge in [-0.2, -0.15) is 4.98 Å². The monoisotopic (exact) mass is 368 g/mol. The number of amides is 1. The van der Waals surface area contributed by atoms with Gasteiger partial charge in [0, 0.05) is 48.0 Å². The van der Waals surface area contributed by atoms with E-state index in [1.54, 1.807) is 24.2 Å². The highest BCUT2D eigenvalue weighted by molar-refractivity contribution is 7.99. The Morgan fingerprint density at radius 1 is 1.23 bits per heavy atom. The molecule has 0 fully saturated rings. The summed E-state index contributed by atoms with van der Waals surface area (Å²) in [4.78, 5) is 21.5. The molecule has 0 radical (unpaired) electrons. The summed E-state index contributed by atoms with van der Waals surface area (Å²) in [5.74, 6) is 1.76. The number of nitrogens with zero attached hydrogens (tertiary/aromatic N) is 3. The zero-order chi connectivity index (χ0) is 18.2. The summed E-state index contributed by atoms with van der Waals surface area (Å²) >= 11 is 1.73. The van der Waals surface area contributed by atoms with E-state index in [0.29, 0.717) is 31.1 Å². The Kier molecular flexibility index (Phi) is 6.38. The molecule has 0 aliphatic heterocycles. The van der Waals surface area contributed by atoms with Crippen molar-refractivity contribution in [3.05, 3.63) is 60.2 Å². The lowest BCUT2D eigenvalue weighted by Crippen LogP contribution is -2.25. The smallest absolute Gasteiger partial charge is 0.227 e. The van der Waals surface area contributed by atoms with E-state index in [9.17, 15) is 4.79 Å². The second kappa shape index (κ2) is 9.15. The Balaban J connectivity index is 1.36. The highest BCUT2D eigenvalue weighted by atomic mass is 32.2. The van der Waals surface area contributed by atoms with E-state index in [4.69, 9.17) is 4.52 Å². The van der Waals surface area contributed by atoms with Crippen LogP contribution in [0.15, 0.2) is 58.2 Å². The number of carbonyl (C=O) groups excluding carboxylic acids is 1. The van der Waals surface area contributed by atoms with Crippen molar-refractivity contribution in [2.75, 3.05) is 12.3 Å². The third-order valence-corrected chi connectivity index (χ3v) is 4.68. The fourth-order valence-electron chi connectivity index (χ4n) is 2.27. The molecule has 0 aliphatic rings. The molecule has 1 N–H and O–H groups in total. The maximum absolute atomic E-state index is 11.9. The van der Waals surface area contributed by atoms with Crippen LogP contribution in [-0.4, -0.2) is 33.3 Å². The molecule has 0 saturated heterocycles. The number of hydrogen-bond acceptors (Lipinski definition) is 6. The van der Waals surface area contributed by atoms with E-state index in [2.05, 4.69) is 51.6 Å². The van der Waals surface area contributed by atoms with Gasteiger partial charge in [-0.25, -0.2) is 0 Å². The van der Waals surface area contributed by atoms with E-state index in [-0.39, 0.29) is 5.91 Å². The summed E-state index contributed by atoms with van der Waals surface area (Å²) in [5.41, 5.74) is 2.04. The van der Waals surface area contributed by atoms with Crippen LogP contribution >= 0.6 is 11.8 Å². The molecule has 0 bridgehead atoms. The molecule has 0 unspecified atom stereocenters. The Morgan fingerprint density at radius 2 is 2.08 bits per heavy atom. The topological polar surface area (TPSA) is 80.9 Å². The normalized spacial score (nSPS) is 10.7.